The maximum atomic E-state index is 13.0. The molecule has 0 aliphatic heterocycles. The Bertz CT molecular complexity index is 412. The molecule has 0 aliphatic rings. The van der Waals surface area contributed by atoms with Gasteiger partial charge in [-0.25, -0.2) is 4.39 Å². The second-order valence-electron chi connectivity index (χ2n) is 4.05. The average Bonchev–Trinajstić information content (AvgIpc) is 2.29. The van der Waals surface area contributed by atoms with E-state index in [0.29, 0.717) is 19.5 Å². The van der Waals surface area contributed by atoms with Crippen molar-refractivity contribution in [3.8, 4) is 0 Å². The van der Waals surface area contributed by atoms with E-state index >= 15 is 0 Å². The van der Waals surface area contributed by atoms with Crippen LogP contribution >= 0.6 is 15.9 Å². The van der Waals surface area contributed by atoms with E-state index in [-0.39, 0.29) is 17.8 Å². The highest BCUT2D eigenvalue weighted by atomic mass is 79.9. The van der Waals surface area contributed by atoms with Gasteiger partial charge in [-0.3, -0.25) is 4.79 Å². The number of benzene rings is 1. The van der Waals surface area contributed by atoms with Crippen molar-refractivity contribution < 1.29 is 9.18 Å². The minimum atomic E-state index is -0.264. The van der Waals surface area contributed by atoms with Gasteiger partial charge in [-0.15, -0.1) is 0 Å². The molecular formula is C13H18BrFN2O. The Labute approximate surface area is 115 Å². The standard InChI is InChI=1S/C13H18BrFN2O/c1-3-16-13(18)6-7-17-9(2)11-5-4-10(15)8-12(11)14/h4-5,8-9,17H,3,6-7H2,1-2H3,(H,16,18). The molecule has 1 atom stereocenters. The van der Waals surface area contributed by atoms with Gasteiger partial charge in [0.1, 0.15) is 5.82 Å². The summed E-state index contributed by atoms with van der Waals surface area (Å²) in [7, 11) is 0. The molecule has 0 heterocycles. The molecule has 0 aliphatic carbocycles. The summed E-state index contributed by atoms with van der Waals surface area (Å²) < 4.78 is 13.7. The van der Waals surface area contributed by atoms with Gasteiger partial charge >= 0.3 is 0 Å². The number of carbonyl (C=O) groups is 1. The molecule has 3 nitrogen and oxygen atoms in total. The van der Waals surface area contributed by atoms with Crippen LogP contribution in [0.15, 0.2) is 22.7 Å². The summed E-state index contributed by atoms with van der Waals surface area (Å²) in [6.45, 7) is 5.12. The SMILES string of the molecule is CCNC(=O)CCNC(C)c1ccc(F)cc1Br. The lowest BCUT2D eigenvalue weighted by molar-refractivity contribution is -0.120. The lowest BCUT2D eigenvalue weighted by Gasteiger charge is -2.15. The van der Waals surface area contributed by atoms with Gasteiger partial charge in [0.25, 0.3) is 0 Å². The second-order valence-corrected chi connectivity index (χ2v) is 4.90. The van der Waals surface area contributed by atoms with Crippen LogP contribution in [0.4, 0.5) is 4.39 Å². The Balaban J connectivity index is 2.45. The molecule has 0 spiro atoms. The van der Waals surface area contributed by atoms with Gasteiger partial charge in [-0.1, -0.05) is 22.0 Å². The summed E-state index contributed by atoms with van der Waals surface area (Å²) in [5, 5.41) is 5.98. The molecule has 0 saturated carbocycles. The molecule has 2 N–H and O–H groups in total. The van der Waals surface area contributed by atoms with Gasteiger partial charge in [0, 0.05) is 30.0 Å². The van der Waals surface area contributed by atoms with E-state index in [0.717, 1.165) is 10.0 Å². The molecule has 0 saturated heterocycles. The first-order valence-electron chi connectivity index (χ1n) is 5.99. The summed E-state index contributed by atoms with van der Waals surface area (Å²) in [4.78, 5) is 11.3. The summed E-state index contributed by atoms with van der Waals surface area (Å²) in [6, 6.07) is 4.68. The predicted octanol–water partition coefficient (Wildman–Crippen LogP) is 2.77. The van der Waals surface area contributed by atoms with Crippen molar-refractivity contribution in [2.75, 3.05) is 13.1 Å². The van der Waals surface area contributed by atoms with E-state index in [1.165, 1.54) is 12.1 Å². The molecule has 5 heteroatoms. The predicted molar refractivity (Wildman–Crippen MR) is 73.8 cm³/mol. The summed E-state index contributed by atoms with van der Waals surface area (Å²) >= 11 is 3.33. The zero-order valence-corrected chi connectivity index (χ0v) is 12.2. The topological polar surface area (TPSA) is 41.1 Å². The molecule has 1 amide bonds. The summed E-state index contributed by atoms with van der Waals surface area (Å²) in [5.41, 5.74) is 0.979. The first-order valence-corrected chi connectivity index (χ1v) is 6.79. The van der Waals surface area contributed by atoms with Crippen LogP contribution in [0.3, 0.4) is 0 Å². The Morgan fingerprint density at radius 2 is 2.22 bits per heavy atom. The molecule has 0 fully saturated rings. The van der Waals surface area contributed by atoms with E-state index in [9.17, 15) is 9.18 Å². The molecule has 0 bridgehead atoms. The summed E-state index contributed by atoms with van der Waals surface area (Å²) in [5.74, 6) is -0.226. The van der Waals surface area contributed by atoms with Gasteiger partial charge < -0.3 is 10.6 Å². The highest BCUT2D eigenvalue weighted by Gasteiger charge is 2.10. The van der Waals surface area contributed by atoms with Crippen LogP contribution in [-0.2, 0) is 4.79 Å². The fourth-order valence-corrected chi connectivity index (χ4v) is 2.34. The van der Waals surface area contributed by atoms with Crippen LogP contribution in [0.2, 0.25) is 0 Å². The van der Waals surface area contributed by atoms with Gasteiger partial charge in [0.2, 0.25) is 5.91 Å². The zero-order chi connectivity index (χ0) is 13.5. The highest BCUT2D eigenvalue weighted by molar-refractivity contribution is 9.10. The van der Waals surface area contributed by atoms with Crippen molar-refractivity contribution in [2.24, 2.45) is 0 Å². The molecule has 0 radical (unpaired) electrons. The van der Waals surface area contributed by atoms with Crippen LogP contribution in [0.1, 0.15) is 31.9 Å². The zero-order valence-electron chi connectivity index (χ0n) is 10.6. The van der Waals surface area contributed by atoms with Crippen LogP contribution < -0.4 is 10.6 Å². The lowest BCUT2D eigenvalue weighted by atomic mass is 10.1. The lowest BCUT2D eigenvalue weighted by Crippen LogP contribution is -2.28. The maximum absolute atomic E-state index is 13.0. The second kappa shape index (κ2) is 7.48. The number of amides is 1. The maximum Gasteiger partial charge on any atom is 0.221 e. The molecule has 1 rings (SSSR count). The van der Waals surface area contributed by atoms with E-state index in [2.05, 4.69) is 26.6 Å². The fourth-order valence-electron chi connectivity index (χ4n) is 1.65. The average molecular weight is 317 g/mol. The molecule has 18 heavy (non-hydrogen) atoms. The molecule has 1 aromatic carbocycles. The van der Waals surface area contributed by atoms with Crippen molar-refractivity contribution in [3.63, 3.8) is 0 Å². The number of nitrogens with one attached hydrogen (secondary N) is 2. The quantitative estimate of drug-likeness (QED) is 0.847. The van der Waals surface area contributed by atoms with E-state index in [4.69, 9.17) is 0 Å². The van der Waals surface area contributed by atoms with Gasteiger partial charge in [-0.2, -0.15) is 0 Å². The third-order valence-electron chi connectivity index (χ3n) is 2.61. The normalized spacial score (nSPS) is 12.2. The van der Waals surface area contributed by atoms with Gasteiger partial charge in [-0.05, 0) is 31.5 Å². The smallest absolute Gasteiger partial charge is 0.221 e. The first-order chi connectivity index (χ1) is 8.54. The Morgan fingerprint density at radius 1 is 1.50 bits per heavy atom. The van der Waals surface area contributed by atoms with Crippen molar-refractivity contribution in [3.05, 3.63) is 34.1 Å². The number of hydrogen-bond donors (Lipinski definition) is 2. The minimum Gasteiger partial charge on any atom is -0.356 e. The van der Waals surface area contributed by atoms with Crippen molar-refractivity contribution in [1.82, 2.24) is 10.6 Å². The number of hydrogen-bond acceptors (Lipinski definition) is 2. The van der Waals surface area contributed by atoms with Gasteiger partial charge in [0.05, 0.1) is 0 Å². The van der Waals surface area contributed by atoms with Crippen molar-refractivity contribution >= 4 is 21.8 Å². The highest BCUT2D eigenvalue weighted by Crippen LogP contribution is 2.23. The molecular weight excluding hydrogens is 299 g/mol. The number of halogens is 2. The van der Waals surface area contributed by atoms with Crippen LogP contribution in [0, 0.1) is 5.82 Å². The minimum absolute atomic E-state index is 0.0374. The Hall–Kier alpha value is -0.940. The Morgan fingerprint density at radius 3 is 2.83 bits per heavy atom. The molecule has 100 valence electrons. The molecule has 0 aromatic heterocycles. The first kappa shape index (κ1) is 15.1. The summed E-state index contributed by atoms with van der Waals surface area (Å²) in [6.07, 6.45) is 0.441. The number of carbonyl (C=O) groups excluding carboxylic acids is 1. The van der Waals surface area contributed by atoms with E-state index in [1.807, 2.05) is 13.8 Å². The monoisotopic (exact) mass is 316 g/mol. The largest absolute Gasteiger partial charge is 0.356 e. The molecule has 1 aromatic rings. The van der Waals surface area contributed by atoms with Crippen molar-refractivity contribution in [2.45, 2.75) is 26.3 Å². The third kappa shape index (κ3) is 4.74. The van der Waals surface area contributed by atoms with E-state index < -0.39 is 0 Å². The van der Waals surface area contributed by atoms with Crippen LogP contribution in [0.5, 0.6) is 0 Å². The van der Waals surface area contributed by atoms with Crippen molar-refractivity contribution in [1.29, 1.82) is 0 Å². The van der Waals surface area contributed by atoms with Crippen LogP contribution in [0.25, 0.3) is 0 Å². The van der Waals surface area contributed by atoms with Gasteiger partial charge in [0.15, 0.2) is 0 Å². The third-order valence-corrected chi connectivity index (χ3v) is 3.29. The number of rotatable bonds is 6. The molecule has 1 unspecified atom stereocenters. The fraction of sp³-hybridized carbons (Fsp3) is 0.462. The Kier molecular flexibility index (Phi) is 6.29. The van der Waals surface area contributed by atoms with Crippen LogP contribution in [-0.4, -0.2) is 19.0 Å². The van der Waals surface area contributed by atoms with E-state index in [1.54, 1.807) is 6.07 Å².